The predicted octanol–water partition coefficient (Wildman–Crippen LogP) is -2.28. The number of carbonyl (C=O) groups excluding carboxylic acids is 1. The number of nitrogens with two attached hydrogens (primary N) is 1. The smallest absolute Gasteiger partial charge is 0.328 e. The second-order valence-corrected chi connectivity index (χ2v) is 4.17. The van der Waals surface area contributed by atoms with Gasteiger partial charge in [0.1, 0.15) is 13.1 Å². The van der Waals surface area contributed by atoms with Crippen molar-refractivity contribution < 1.29 is 14.7 Å². The molecule has 0 radical (unpaired) electrons. The Morgan fingerprint density at radius 3 is 2.65 bits per heavy atom. The molecular weight excluding hydrogens is 268 g/mol. The number of aliphatic carboxylic acids is 1. The van der Waals surface area contributed by atoms with E-state index in [2.05, 4.69) is 4.98 Å². The molecule has 0 saturated carbocycles. The highest BCUT2D eigenvalue weighted by Crippen LogP contribution is 1.92. The lowest BCUT2D eigenvalue weighted by atomic mass is 10.3. The SMILES string of the molecule is Cc1c[nH]c(=O)n(CC(=O)N(CCN)CC(=O)O)c1=O. The Kier molecular flexibility index (Phi) is 5.21. The third kappa shape index (κ3) is 3.79. The average molecular weight is 284 g/mol. The van der Waals surface area contributed by atoms with Crippen LogP contribution in [0.3, 0.4) is 0 Å². The summed E-state index contributed by atoms with van der Waals surface area (Å²) in [5.41, 5.74) is 4.26. The summed E-state index contributed by atoms with van der Waals surface area (Å²) in [6.07, 6.45) is 1.25. The summed E-state index contributed by atoms with van der Waals surface area (Å²) in [4.78, 5) is 49.2. The first kappa shape index (κ1) is 15.6. The maximum atomic E-state index is 11.9. The number of aromatic nitrogens is 2. The number of aromatic amines is 1. The first-order valence-electron chi connectivity index (χ1n) is 5.85. The molecule has 0 aliphatic heterocycles. The van der Waals surface area contributed by atoms with Crippen LogP contribution in [0.1, 0.15) is 5.56 Å². The largest absolute Gasteiger partial charge is 0.480 e. The number of hydrogen-bond donors (Lipinski definition) is 3. The van der Waals surface area contributed by atoms with Crippen LogP contribution in [0, 0.1) is 6.92 Å². The molecule has 1 aromatic heterocycles. The number of hydrogen-bond acceptors (Lipinski definition) is 5. The number of nitrogens with zero attached hydrogens (tertiary/aromatic N) is 2. The zero-order valence-electron chi connectivity index (χ0n) is 11.0. The summed E-state index contributed by atoms with van der Waals surface area (Å²) >= 11 is 0. The molecule has 0 aliphatic rings. The van der Waals surface area contributed by atoms with Gasteiger partial charge in [0.2, 0.25) is 5.91 Å². The van der Waals surface area contributed by atoms with Gasteiger partial charge in [0.15, 0.2) is 0 Å². The van der Waals surface area contributed by atoms with Crippen LogP contribution < -0.4 is 17.0 Å². The highest BCUT2D eigenvalue weighted by molar-refractivity contribution is 5.81. The number of aryl methyl sites for hydroxylation is 1. The molecule has 0 fully saturated rings. The number of amides is 1. The van der Waals surface area contributed by atoms with E-state index < -0.39 is 36.2 Å². The quantitative estimate of drug-likeness (QED) is 0.537. The Hall–Kier alpha value is -2.42. The Bertz CT molecular complexity index is 618. The minimum atomic E-state index is -1.20. The highest BCUT2D eigenvalue weighted by atomic mass is 16.4. The minimum Gasteiger partial charge on any atom is -0.480 e. The van der Waals surface area contributed by atoms with Crippen molar-refractivity contribution in [3.8, 4) is 0 Å². The number of carboxylic acid groups (broad SMARTS) is 1. The second kappa shape index (κ2) is 6.66. The van der Waals surface area contributed by atoms with Gasteiger partial charge in [-0.1, -0.05) is 0 Å². The van der Waals surface area contributed by atoms with Gasteiger partial charge in [0.25, 0.3) is 5.56 Å². The number of carboxylic acids is 1. The van der Waals surface area contributed by atoms with Crippen molar-refractivity contribution in [2.24, 2.45) is 5.73 Å². The van der Waals surface area contributed by atoms with Crippen molar-refractivity contribution in [1.29, 1.82) is 0 Å². The van der Waals surface area contributed by atoms with E-state index in [1.807, 2.05) is 0 Å². The van der Waals surface area contributed by atoms with Crippen LogP contribution in [0.2, 0.25) is 0 Å². The maximum absolute atomic E-state index is 11.9. The molecular formula is C11H16N4O5. The normalized spacial score (nSPS) is 10.3. The maximum Gasteiger partial charge on any atom is 0.328 e. The van der Waals surface area contributed by atoms with E-state index >= 15 is 0 Å². The second-order valence-electron chi connectivity index (χ2n) is 4.17. The van der Waals surface area contributed by atoms with Crippen LogP contribution in [0.5, 0.6) is 0 Å². The fourth-order valence-corrected chi connectivity index (χ4v) is 1.60. The topological polar surface area (TPSA) is 138 Å². The zero-order valence-corrected chi connectivity index (χ0v) is 11.0. The number of nitrogens with one attached hydrogen (secondary N) is 1. The van der Waals surface area contributed by atoms with Crippen molar-refractivity contribution in [1.82, 2.24) is 14.5 Å². The van der Waals surface area contributed by atoms with Gasteiger partial charge in [-0.3, -0.25) is 19.0 Å². The van der Waals surface area contributed by atoms with Gasteiger partial charge in [-0.25, -0.2) is 4.79 Å². The molecule has 0 saturated heterocycles. The third-order valence-corrected chi connectivity index (χ3v) is 2.61. The molecule has 1 rings (SSSR count). The highest BCUT2D eigenvalue weighted by Gasteiger charge is 2.18. The predicted molar refractivity (Wildman–Crippen MR) is 69.3 cm³/mol. The molecule has 0 unspecified atom stereocenters. The van der Waals surface area contributed by atoms with Crippen LogP contribution in [0.25, 0.3) is 0 Å². The van der Waals surface area contributed by atoms with Crippen molar-refractivity contribution in [2.75, 3.05) is 19.6 Å². The summed E-state index contributed by atoms with van der Waals surface area (Å²) < 4.78 is 0.725. The van der Waals surface area contributed by atoms with Crippen LogP contribution in [0.15, 0.2) is 15.8 Å². The van der Waals surface area contributed by atoms with Gasteiger partial charge >= 0.3 is 11.7 Å². The Balaban J connectivity index is 2.99. The van der Waals surface area contributed by atoms with E-state index in [1.54, 1.807) is 0 Å². The zero-order chi connectivity index (χ0) is 15.3. The van der Waals surface area contributed by atoms with E-state index in [4.69, 9.17) is 10.8 Å². The van der Waals surface area contributed by atoms with E-state index in [1.165, 1.54) is 13.1 Å². The monoisotopic (exact) mass is 284 g/mol. The molecule has 0 aliphatic carbocycles. The lowest BCUT2D eigenvalue weighted by Gasteiger charge is -2.20. The third-order valence-electron chi connectivity index (χ3n) is 2.61. The Morgan fingerprint density at radius 2 is 2.10 bits per heavy atom. The molecule has 110 valence electrons. The van der Waals surface area contributed by atoms with Crippen molar-refractivity contribution in [3.05, 3.63) is 32.6 Å². The standard InChI is InChI=1S/C11H16N4O5/c1-7-4-13-11(20)15(10(7)19)5-8(16)14(3-2-12)6-9(17)18/h4H,2-3,5-6,12H2,1H3,(H,13,20)(H,17,18). The minimum absolute atomic E-state index is 0.0314. The van der Waals surface area contributed by atoms with Gasteiger partial charge in [-0.05, 0) is 6.92 Å². The van der Waals surface area contributed by atoms with Gasteiger partial charge in [0.05, 0.1) is 0 Å². The van der Waals surface area contributed by atoms with Crippen LogP contribution in [-0.2, 0) is 16.1 Å². The number of carbonyl (C=O) groups is 2. The molecule has 1 aromatic rings. The Labute approximate surface area is 113 Å². The number of H-pyrrole nitrogens is 1. The van der Waals surface area contributed by atoms with Gasteiger partial charge in [-0.15, -0.1) is 0 Å². The summed E-state index contributed by atoms with van der Waals surface area (Å²) in [5.74, 6) is -1.85. The molecule has 4 N–H and O–H groups in total. The molecule has 9 heteroatoms. The van der Waals surface area contributed by atoms with Crippen LogP contribution in [0.4, 0.5) is 0 Å². The Morgan fingerprint density at radius 1 is 1.45 bits per heavy atom. The summed E-state index contributed by atoms with van der Waals surface area (Å²) in [6, 6.07) is 0. The molecule has 1 amide bonds. The lowest BCUT2D eigenvalue weighted by Crippen LogP contribution is -2.45. The first-order chi connectivity index (χ1) is 9.36. The summed E-state index contributed by atoms with van der Waals surface area (Å²) in [6.45, 7) is 0.549. The van der Waals surface area contributed by atoms with Crippen molar-refractivity contribution in [2.45, 2.75) is 13.5 Å². The van der Waals surface area contributed by atoms with Gasteiger partial charge in [0, 0.05) is 24.8 Å². The van der Waals surface area contributed by atoms with Gasteiger partial charge in [-0.2, -0.15) is 0 Å². The van der Waals surface area contributed by atoms with E-state index in [0.29, 0.717) is 0 Å². The molecule has 20 heavy (non-hydrogen) atoms. The van der Waals surface area contributed by atoms with Crippen molar-refractivity contribution in [3.63, 3.8) is 0 Å². The lowest BCUT2D eigenvalue weighted by molar-refractivity contribution is -0.144. The van der Waals surface area contributed by atoms with Crippen LogP contribution >= 0.6 is 0 Å². The van der Waals surface area contributed by atoms with Gasteiger partial charge < -0.3 is 20.7 Å². The first-order valence-corrected chi connectivity index (χ1v) is 5.85. The molecule has 0 atom stereocenters. The summed E-state index contributed by atoms with van der Waals surface area (Å²) in [7, 11) is 0. The fourth-order valence-electron chi connectivity index (χ4n) is 1.60. The fraction of sp³-hybridized carbons (Fsp3) is 0.455. The van der Waals surface area contributed by atoms with E-state index in [9.17, 15) is 19.2 Å². The number of rotatable bonds is 6. The van der Waals surface area contributed by atoms with E-state index in [-0.39, 0.29) is 18.7 Å². The van der Waals surface area contributed by atoms with Crippen molar-refractivity contribution >= 4 is 11.9 Å². The summed E-state index contributed by atoms with van der Waals surface area (Å²) in [5, 5.41) is 8.71. The molecule has 0 bridgehead atoms. The molecule has 1 heterocycles. The molecule has 0 aromatic carbocycles. The molecule has 9 nitrogen and oxygen atoms in total. The molecule has 0 spiro atoms. The average Bonchev–Trinajstić information content (AvgIpc) is 2.38. The van der Waals surface area contributed by atoms with Crippen LogP contribution in [-0.4, -0.2) is 51.1 Å². The van der Waals surface area contributed by atoms with E-state index in [0.717, 1.165) is 9.47 Å².